The lowest BCUT2D eigenvalue weighted by atomic mass is 10.1. The van der Waals surface area contributed by atoms with Gasteiger partial charge < -0.3 is 5.11 Å². The van der Waals surface area contributed by atoms with Crippen molar-refractivity contribution in [3.63, 3.8) is 0 Å². The zero-order chi connectivity index (χ0) is 14.7. The zero-order valence-corrected chi connectivity index (χ0v) is 11.3. The Hall–Kier alpha value is -2.75. The molecular weight excluding hydrogens is 264 g/mol. The van der Waals surface area contributed by atoms with Crippen LogP contribution in [0.15, 0.2) is 81.5 Å². The number of hydrogen-bond acceptors (Lipinski definition) is 3. The first-order valence-corrected chi connectivity index (χ1v) is 6.67. The van der Waals surface area contributed by atoms with Crippen LogP contribution in [0.25, 0.3) is 0 Å². The van der Waals surface area contributed by atoms with Crippen LogP contribution in [0.1, 0.15) is 6.42 Å². The molecule has 104 valence electrons. The van der Waals surface area contributed by atoms with E-state index in [1.54, 1.807) is 36.9 Å². The van der Waals surface area contributed by atoms with Gasteiger partial charge in [0.2, 0.25) is 5.54 Å². The highest BCUT2D eigenvalue weighted by molar-refractivity contribution is 6.00. The van der Waals surface area contributed by atoms with Gasteiger partial charge in [0, 0.05) is 18.6 Å². The van der Waals surface area contributed by atoms with E-state index in [9.17, 15) is 9.90 Å². The first-order chi connectivity index (χ1) is 10.2. The van der Waals surface area contributed by atoms with Crippen molar-refractivity contribution in [2.75, 3.05) is 0 Å². The zero-order valence-electron chi connectivity index (χ0n) is 11.3. The Morgan fingerprint density at radius 3 is 2.86 bits per heavy atom. The monoisotopic (exact) mass is 278 g/mol. The predicted molar refractivity (Wildman–Crippen MR) is 83.6 cm³/mol. The molecule has 0 saturated carbocycles. The molecule has 1 N–H and O–H groups in total. The first-order valence-electron chi connectivity index (χ1n) is 6.67. The molecule has 3 aliphatic rings. The third-order valence-electron chi connectivity index (χ3n) is 3.47. The van der Waals surface area contributed by atoms with E-state index in [1.165, 1.54) is 0 Å². The number of aliphatic carboxylic acids is 1. The smallest absolute Gasteiger partial charge is 0.340 e. The summed E-state index contributed by atoms with van der Waals surface area (Å²) >= 11 is 0. The van der Waals surface area contributed by atoms with Crippen molar-refractivity contribution < 1.29 is 9.90 Å². The third-order valence-corrected chi connectivity index (χ3v) is 3.47. The second kappa shape index (κ2) is 5.32. The van der Waals surface area contributed by atoms with Crippen molar-refractivity contribution in [2.24, 2.45) is 9.98 Å². The van der Waals surface area contributed by atoms with Gasteiger partial charge in [0.05, 0.1) is 0 Å². The summed E-state index contributed by atoms with van der Waals surface area (Å²) in [5.41, 5.74) is 1.45. The van der Waals surface area contributed by atoms with E-state index in [4.69, 9.17) is 0 Å². The topological polar surface area (TPSA) is 62.0 Å². The second-order valence-corrected chi connectivity index (χ2v) is 4.88. The van der Waals surface area contributed by atoms with Crippen LogP contribution in [0, 0.1) is 0 Å². The summed E-state index contributed by atoms with van der Waals surface area (Å²) in [6.07, 6.45) is 20.6. The molecule has 1 heterocycles. The van der Waals surface area contributed by atoms with Gasteiger partial charge in [0.1, 0.15) is 0 Å². The van der Waals surface area contributed by atoms with Gasteiger partial charge in [-0.15, -0.1) is 0 Å². The fourth-order valence-electron chi connectivity index (χ4n) is 2.20. The van der Waals surface area contributed by atoms with Crippen molar-refractivity contribution in [1.82, 2.24) is 0 Å². The number of carboxylic acid groups (broad SMARTS) is 1. The lowest BCUT2D eigenvalue weighted by Crippen LogP contribution is -2.23. The lowest BCUT2D eigenvalue weighted by Gasteiger charge is -2.06. The Balaban J connectivity index is 1.97. The molecule has 0 fully saturated rings. The molecule has 3 rings (SSSR count). The molecule has 0 aromatic rings. The van der Waals surface area contributed by atoms with Gasteiger partial charge in [0.25, 0.3) is 0 Å². The fraction of sp³-hybridized carbons (Fsp3) is 0.118. The van der Waals surface area contributed by atoms with Crippen molar-refractivity contribution in [3.8, 4) is 0 Å². The van der Waals surface area contributed by atoms with E-state index in [1.807, 2.05) is 30.4 Å². The molecular formula is C17H14N2O2. The number of rotatable bonds is 1. The minimum atomic E-state index is -1.19. The van der Waals surface area contributed by atoms with Gasteiger partial charge in [-0.1, -0.05) is 36.5 Å². The maximum Gasteiger partial charge on any atom is 0.340 e. The average Bonchev–Trinajstić information content (AvgIpc) is 3.00. The summed E-state index contributed by atoms with van der Waals surface area (Å²) in [4.78, 5) is 20.0. The third kappa shape index (κ3) is 2.60. The highest BCUT2D eigenvalue weighted by Gasteiger charge is 2.49. The number of nitrogens with zero attached hydrogens (tertiary/aromatic N) is 2. The van der Waals surface area contributed by atoms with Gasteiger partial charge in [-0.05, 0) is 35.3 Å². The number of allylic oxidation sites excluding steroid dienone is 8. The van der Waals surface area contributed by atoms with E-state index in [0.29, 0.717) is 5.57 Å². The Morgan fingerprint density at radius 2 is 2.00 bits per heavy atom. The normalized spacial score (nSPS) is 31.0. The summed E-state index contributed by atoms with van der Waals surface area (Å²) in [5, 5.41) is 9.40. The Kier molecular flexibility index (Phi) is 3.36. The molecule has 1 unspecified atom stereocenters. The van der Waals surface area contributed by atoms with Crippen LogP contribution >= 0.6 is 0 Å². The van der Waals surface area contributed by atoms with E-state index < -0.39 is 11.5 Å². The largest absolute Gasteiger partial charge is 0.479 e. The van der Waals surface area contributed by atoms with Crippen LogP contribution in [0.2, 0.25) is 0 Å². The van der Waals surface area contributed by atoms with Crippen LogP contribution < -0.4 is 0 Å². The lowest BCUT2D eigenvalue weighted by molar-refractivity contribution is -0.138. The number of carboxylic acids is 1. The minimum absolute atomic E-state index is 0.707. The van der Waals surface area contributed by atoms with Crippen molar-refractivity contribution >= 4 is 18.4 Å². The predicted octanol–water partition coefficient (Wildman–Crippen LogP) is 2.79. The number of carbonyl (C=O) groups is 1. The van der Waals surface area contributed by atoms with Gasteiger partial charge in [-0.3, -0.25) is 9.98 Å². The molecule has 0 aromatic heterocycles. The van der Waals surface area contributed by atoms with E-state index in [2.05, 4.69) is 9.98 Å². The van der Waals surface area contributed by atoms with Gasteiger partial charge in [-0.2, -0.15) is 0 Å². The summed E-state index contributed by atoms with van der Waals surface area (Å²) < 4.78 is 0. The maximum atomic E-state index is 11.5. The molecule has 0 bridgehead atoms. The summed E-state index contributed by atoms with van der Waals surface area (Å²) in [6.45, 7) is 0. The molecule has 21 heavy (non-hydrogen) atoms. The van der Waals surface area contributed by atoms with E-state index in [-0.39, 0.29) is 0 Å². The standard InChI is InChI=1S/C17H14N2O2/c20-16(21)17-10-15(17)8-3-1-2-4-9-18-11-13-6-5-7-14(13)12-19-17/h1-6,8-12H,7H2,(H,20,21)/b2-1+,8-3-,9-4+,18-11?,19-12?. The molecule has 0 amide bonds. The van der Waals surface area contributed by atoms with Crippen molar-refractivity contribution in [1.29, 1.82) is 0 Å². The van der Waals surface area contributed by atoms with Gasteiger partial charge in [-0.25, -0.2) is 4.79 Å². The van der Waals surface area contributed by atoms with Gasteiger partial charge in [0.15, 0.2) is 0 Å². The van der Waals surface area contributed by atoms with Crippen LogP contribution in [0.3, 0.4) is 0 Å². The van der Waals surface area contributed by atoms with Crippen LogP contribution in [0.5, 0.6) is 0 Å². The van der Waals surface area contributed by atoms with Gasteiger partial charge >= 0.3 is 5.97 Å². The van der Waals surface area contributed by atoms with Crippen molar-refractivity contribution in [2.45, 2.75) is 12.0 Å². The Bertz CT molecular complexity index is 715. The number of fused-ring (bicyclic) bond motifs is 1. The summed E-state index contributed by atoms with van der Waals surface area (Å²) in [6, 6.07) is 0. The molecule has 0 radical (unpaired) electrons. The molecule has 1 atom stereocenters. The number of aliphatic imine (C=N–C) groups is 2. The molecule has 2 aliphatic carbocycles. The highest BCUT2D eigenvalue weighted by atomic mass is 16.4. The Labute approximate surface area is 122 Å². The molecule has 1 aliphatic heterocycles. The Morgan fingerprint density at radius 1 is 1.14 bits per heavy atom. The summed E-state index contributed by atoms with van der Waals surface area (Å²) in [7, 11) is 0. The van der Waals surface area contributed by atoms with Crippen LogP contribution in [-0.2, 0) is 4.79 Å². The molecule has 0 spiro atoms. The second-order valence-electron chi connectivity index (χ2n) is 4.88. The summed E-state index contributed by atoms with van der Waals surface area (Å²) in [5.74, 6) is -0.948. The van der Waals surface area contributed by atoms with Crippen LogP contribution in [-0.4, -0.2) is 29.0 Å². The van der Waals surface area contributed by atoms with Crippen molar-refractivity contribution in [3.05, 3.63) is 71.5 Å². The molecule has 4 heteroatoms. The van der Waals surface area contributed by atoms with Crippen LogP contribution in [0.4, 0.5) is 0 Å². The molecule has 0 saturated heterocycles. The quantitative estimate of drug-likeness (QED) is 0.801. The van der Waals surface area contributed by atoms with E-state index in [0.717, 1.165) is 17.6 Å². The SMILES string of the molecule is O=C(O)C12C=C1\C=C/C=C/C=C/N=CC1=C(C=N2)CC=C1. The molecule has 0 aromatic carbocycles. The molecule has 4 nitrogen and oxygen atoms in total. The minimum Gasteiger partial charge on any atom is -0.479 e. The average molecular weight is 278 g/mol. The van der Waals surface area contributed by atoms with E-state index >= 15 is 0 Å². The highest BCUT2D eigenvalue weighted by Crippen LogP contribution is 2.40. The maximum absolute atomic E-state index is 11.5. The first kappa shape index (κ1) is 13.2. The fourth-order valence-corrected chi connectivity index (χ4v) is 2.20. The number of hydrogen-bond donors (Lipinski definition) is 1.